The van der Waals surface area contributed by atoms with Gasteiger partial charge in [0.05, 0.1) is 13.3 Å². The second kappa shape index (κ2) is 7.83. The van der Waals surface area contributed by atoms with E-state index >= 15 is 0 Å². The quantitative estimate of drug-likeness (QED) is 0.658. The highest BCUT2D eigenvalue weighted by molar-refractivity contribution is 5.85. The highest BCUT2D eigenvalue weighted by atomic mass is 16.5. The average molecular weight is 298 g/mol. The molecule has 2 rings (SSSR count). The number of methoxy groups -OCH3 is 1. The fourth-order valence-electron chi connectivity index (χ4n) is 1.84. The number of para-hydroxylation sites is 2. The van der Waals surface area contributed by atoms with Crippen LogP contribution in [0.4, 0.5) is 0 Å². The largest absolute Gasteiger partial charge is 0.496 e. The van der Waals surface area contributed by atoms with E-state index in [-0.39, 0.29) is 12.5 Å². The summed E-state index contributed by atoms with van der Waals surface area (Å²) in [5, 5.41) is 3.90. The van der Waals surface area contributed by atoms with E-state index in [1.807, 2.05) is 55.5 Å². The van der Waals surface area contributed by atoms with Crippen molar-refractivity contribution in [1.82, 2.24) is 5.43 Å². The number of nitrogens with zero attached hydrogens (tertiary/aromatic N) is 1. The molecule has 5 nitrogen and oxygen atoms in total. The van der Waals surface area contributed by atoms with Gasteiger partial charge in [0, 0.05) is 5.56 Å². The van der Waals surface area contributed by atoms with Crippen LogP contribution in [0.25, 0.3) is 0 Å². The first-order chi connectivity index (χ1) is 10.7. The van der Waals surface area contributed by atoms with Gasteiger partial charge in [-0.2, -0.15) is 5.10 Å². The van der Waals surface area contributed by atoms with E-state index in [1.165, 1.54) is 6.21 Å². The standard InChI is InChI=1S/C17H18N2O3/c1-13-7-3-5-9-15(13)22-12-17(20)19-18-11-14-8-4-6-10-16(14)21-2/h3-11H,12H2,1-2H3,(H,19,20). The van der Waals surface area contributed by atoms with E-state index in [2.05, 4.69) is 10.5 Å². The van der Waals surface area contributed by atoms with Crippen molar-refractivity contribution >= 4 is 12.1 Å². The van der Waals surface area contributed by atoms with Crippen LogP contribution in [0.1, 0.15) is 11.1 Å². The summed E-state index contributed by atoms with van der Waals surface area (Å²) < 4.78 is 10.6. The monoisotopic (exact) mass is 298 g/mol. The molecular weight excluding hydrogens is 280 g/mol. The minimum Gasteiger partial charge on any atom is -0.496 e. The van der Waals surface area contributed by atoms with Gasteiger partial charge in [-0.1, -0.05) is 30.3 Å². The summed E-state index contributed by atoms with van der Waals surface area (Å²) >= 11 is 0. The Labute approximate surface area is 129 Å². The number of rotatable bonds is 6. The van der Waals surface area contributed by atoms with Gasteiger partial charge in [0.2, 0.25) is 0 Å². The molecule has 22 heavy (non-hydrogen) atoms. The third-order valence-electron chi connectivity index (χ3n) is 2.98. The summed E-state index contributed by atoms with van der Waals surface area (Å²) in [7, 11) is 1.58. The smallest absolute Gasteiger partial charge is 0.277 e. The van der Waals surface area contributed by atoms with E-state index in [9.17, 15) is 4.79 Å². The maximum Gasteiger partial charge on any atom is 0.277 e. The van der Waals surface area contributed by atoms with Crippen LogP contribution in [0.15, 0.2) is 53.6 Å². The van der Waals surface area contributed by atoms with Crippen molar-refractivity contribution in [3.05, 3.63) is 59.7 Å². The minimum atomic E-state index is -0.325. The van der Waals surface area contributed by atoms with Crippen LogP contribution in [0.2, 0.25) is 0 Å². The lowest BCUT2D eigenvalue weighted by Crippen LogP contribution is -2.24. The Morgan fingerprint density at radius 1 is 1.14 bits per heavy atom. The lowest BCUT2D eigenvalue weighted by atomic mass is 10.2. The van der Waals surface area contributed by atoms with E-state index in [1.54, 1.807) is 7.11 Å². The molecule has 0 aliphatic rings. The van der Waals surface area contributed by atoms with Crippen molar-refractivity contribution < 1.29 is 14.3 Å². The Bertz CT molecular complexity index is 668. The first-order valence-corrected chi connectivity index (χ1v) is 6.84. The highest BCUT2D eigenvalue weighted by Gasteiger charge is 2.03. The van der Waals surface area contributed by atoms with Gasteiger partial charge in [-0.25, -0.2) is 5.43 Å². The second-order valence-corrected chi connectivity index (χ2v) is 4.59. The fourth-order valence-corrected chi connectivity index (χ4v) is 1.84. The first kappa shape index (κ1) is 15.6. The normalized spacial score (nSPS) is 10.5. The van der Waals surface area contributed by atoms with Crippen molar-refractivity contribution in [1.29, 1.82) is 0 Å². The molecule has 0 saturated heterocycles. The van der Waals surface area contributed by atoms with E-state index in [0.29, 0.717) is 11.5 Å². The van der Waals surface area contributed by atoms with Gasteiger partial charge in [0.25, 0.3) is 5.91 Å². The number of hydrogen-bond acceptors (Lipinski definition) is 4. The van der Waals surface area contributed by atoms with E-state index in [4.69, 9.17) is 9.47 Å². The Morgan fingerprint density at radius 3 is 2.55 bits per heavy atom. The molecule has 0 atom stereocenters. The third-order valence-corrected chi connectivity index (χ3v) is 2.98. The van der Waals surface area contributed by atoms with Gasteiger partial charge in [-0.3, -0.25) is 4.79 Å². The van der Waals surface area contributed by atoms with Crippen molar-refractivity contribution in [2.75, 3.05) is 13.7 Å². The fraction of sp³-hybridized carbons (Fsp3) is 0.176. The van der Waals surface area contributed by atoms with Crippen LogP contribution < -0.4 is 14.9 Å². The van der Waals surface area contributed by atoms with Gasteiger partial charge < -0.3 is 9.47 Å². The Kier molecular flexibility index (Phi) is 5.54. The maximum absolute atomic E-state index is 11.7. The van der Waals surface area contributed by atoms with Gasteiger partial charge in [-0.05, 0) is 30.7 Å². The molecule has 0 bridgehead atoms. The molecule has 5 heteroatoms. The van der Waals surface area contributed by atoms with Gasteiger partial charge in [0.15, 0.2) is 6.61 Å². The number of aryl methyl sites for hydroxylation is 1. The van der Waals surface area contributed by atoms with Gasteiger partial charge >= 0.3 is 0 Å². The zero-order chi connectivity index (χ0) is 15.8. The molecule has 114 valence electrons. The SMILES string of the molecule is COc1ccccc1C=NNC(=O)COc1ccccc1C. The van der Waals surface area contributed by atoms with Crippen LogP contribution >= 0.6 is 0 Å². The number of amides is 1. The van der Waals surface area contributed by atoms with Crippen LogP contribution in [-0.4, -0.2) is 25.8 Å². The van der Waals surface area contributed by atoms with Gasteiger partial charge in [0.1, 0.15) is 11.5 Å². The Balaban J connectivity index is 1.85. The molecule has 0 spiro atoms. The molecule has 0 unspecified atom stereocenters. The molecule has 0 radical (unpaired) electrons. The topological polar surface area (TPSA) is 59.9 Å². The lowest BCUT2D eigenvalue weighted by molar-refractivity contribution is -0.123. The molecule has 0 aliphatic heterocycles. The van der Waals surface area contributed by atoms with Crippen LogP contribution in [-0.2, 0) is 4.79 Å². The van der Waals surface area contributed by atoms with Crippen molar-refractivity contribution in [2.45, 2.75) is 6.92 Å². The van der Waals surface area contributed by atoms with Crippen molar-refractivity contribution in [2.24, 2.45) is 5.10 Å². The zero-order valence-electron chi connectivity index (χ0n) is 12.6. The Morgan fingerprint density at radius 2 is 1.82 bits per heavy atom. The summed E-state index contributed by atoms with van der Waals surface area (Å²) in [6.45, 7) is 1.83. The molecule has 0 aromatic heterocycles. The predicted molar refractivity (Wildman–Crippen MR) is 85.4 cm³/mol. The summed E-state index contributed by atoms with van der Waals surface area (Å²) in [6, 6.07) is 14.9. The number of carbonyl (C=O) groups is 1. The lowest BCUT2D eigenvalue weighted by Gasteiger charge is -2.07. The number of benzene rings is 2. The molecule has 0 heterocycles. The van der Waals surface area contributed by atoms with Gasteiger partial charge in [-0.15, -0.1) is 0 Å². The zero-order valence-corrected chi connectivity index (χ0v) is 12.6. The molecule has 0 saturated carbocycles. The number of hydrogen-bond donors (Lipinski definition) is 1. The van der Waals surface area contributed by atoms with E-state index in [0.717, 1.165) is 11.1 Å². The number of carbonyl (C=O) groups excluding carboxylic acids is 1. The summed E-state index contributed by atoms with van der Waals surface area (Å²) in [6.07, 6.45) is 1.53. The summed E-state index contributed by atoms with van der Waals surface area (Å²) in [4.78, 5) is 11.7. The summed E-state index contributed by atoms with van der Waals surface area (Å²) in [5.41, 5.74) is 4.18. The van der Waals surface area contributed by atoms with E-state index < -0.39 is 0 Å². The van der Waals surface area contributed by atoms with Crippen molar-refractivity contribution in [3.8, 4) is 11.5 Å². The minimum absolute atomic E-state index is 0.0892. The van der Waals surface area contributed by atoms with Crippen molar-refractivity contribution in [3.63, 3.8) is 0 Å². The molecule has 1 amide bonds. The number of nitrogens with one attached hydrogen (secondary N) is 1. The maximum atomic E-state index is 11.7. The number of ether oxygens (including phenoxy) is 2. The molecule has 0 aliphatic carbocycles. The Hall–Kier alpha value is -2.82. The van der Waals surface area contributed by atoms with Crippen LogP contribution in [0, 0.1) is 6.92 Å². The predicted octanol–water partition coefficient (Wildman–Crippen LogP) is 2.53. The third kappa shape index (κ3) is 4.34. The molecule has 0 fully saturated rings. The second-order valence-electron chi connectivity index (χ2n) is 4.59. The first-order valence-electron chi connectivity index (χ1n) is 6.84. The van der Waals surface area contributed by atoms with Crippen LogP contribution in [0.3, 0.4) is 0 Å². The molecule has 2 aromatic rings. The van der Waals surface area contributed by atoms with Crippen LogP contribution in [0.5, 0.6) is 11.5 Å². The highest BCUT2D eigenvalue weighted by Crippen LogP contribution is 2.16. The molecular formula is C17H18N2O3. The summed E-state index contributed by atoms with van der Waals surface area (Å²) in [5.74, 6) is 1.05. The molecule has 1 N–H and O–H groups in total. The average Bonchev–Trinajstić information content (AvgIpc) is 2.54. The number of hydrazone groups is 1. The molecule has 2 aromatic carbocycles.